The number of hydrogen-bond donors (Lipinski definition) is 4. The lowest BCUT2D eigenvalue weighted by molar-refractivity contribution is -0.370. The van der Waals surface area contributed by atoms with E-state index >= 15 is 0 Å². The van der Waals surface area contributed by atoms with Crippen LogP contribution < -0.4 is 5.73 Å². The van der Waals surface area contributed by atoms with Crippen LogP contribution in [0.15, 0.2) is 12.7 Å². The third kappa shape index (κ3) is 3.53. The van der Waals surface area contributed by atoms with Crippen molar-refractivity contribution in [2.75, 3.05) is 13.2 Å². The average molecular weight is 484 g/mol. The number of rotatable bonds is 5. The van der Waals surface area contributed by atoms with Gasteiger partial charge in [0.25, 0.3) is 0 Å². The van der Waals surface area contributed by atoms with E-state index in [-0.39, 0.29) is 12.8 Å². The van der Waals surface area contributed by atoms with Crippen LogP contribution in [0.25, 0.3) is 0 Å². The standard InChI is InChI=1S/C24H37NO9/c1-7-21(4)10-14(27)24(31)22(5)13(26)8-9-20(2,3)18(22)17(19(30)23(24,6)34-21)33-16(29)12-32-15(28)11-25/h7,13,17-19,26,30-31H,1,8-12,25H2,2-6H3/t13-,17-,18-,19-,21-,22-,23+,24-/m0/s1. The van der Waals surface area contributed by atoms with Gasteiger partial charge in [0.05, 0.1) is 18.2 Å². The van der Waals surface area contributed by atoms with Crippen molar-refractivity contribution < 1.29 is 43.9 Å². The zero-order valence-corrected chi connectivity index (χ0v) is 20.5. The summed E-state index contributed by atoms with van der Waals surface area (Å²) in [6.45, 7) is 10.9. The summed E-state index contributed by atoms with van der Waals surface area (Å²) < 4.78 is 16.6. The molecule has 0 aromatic carbocycles. The number of aliphatic hydroxyl groups excluding tert-OH is 2. The topological polar surface area (TPSA) is 166 Å². The minimum absolute atomic E-state index is 0.204. The number of fused-ring (bicyclic) bond motifs is 3. The Hall–Kier alpha value is -1.85. The second kappa shape index (κ2) is 8.37. The summed E-state index contributed by atoms with van der Waals surface area (Å²) in [6.07, 6.45) is -2.10. The van der Waals surface area contributed by atoms with Crippen molar-refractivity contribution in [2.24, 2.45) is 22.5 Å². The van der Waals surface area contributed by atoms with Gasteiger partial charge in [0, 0.05) is 17.8 Å². The molecule has 0 aromatic heterocycles. The van der Waals surface area contributed by atoms with Crippen molar-refractivity contribution >= 4 is 17.7 Å². The molecule has 1 aliphatic heterocycles. The number of Topliss-reactive ketones (excluding diaryl/α,β-unsaturated/α-hetero) is 1. The second-order valence-corrected chi connectivity index (χ2v) is 11.1. The molecule has 2 aliphatic carbocycles. The summed E-state index contributed by atoms with van der Waals surface area (Å²) in [5, 5.41) is 35.1. The molecule has 2 saturated carbocycles. The molecular formula is C24H37NO9. The van der Waals surface area contributed by atoms with Crippen molar-refractivity contribution in [3.8, 4) is 0 Å². The molecule has 1 saturated heterocycles. The lowest BCUT2D eigenvalue weighted by atomic mass is 9.40. The fraction of sp³-hybridized carbons (Fsp3) is 0.792. The van der Waals surface area contributed by atoms with E-state index < -0.39 is 82.7 Å². The molecule has 3 rings (SSSR count). The van der Waals surface area contributed by atoms with Crippen molar-refractivity contribution in [1.29, 1.82) is 0 Å². The summed E-state index contributed by atoms with van der Waals surface area (Å²) in [4.78, 5) is 37.7. The van der Waals surface area contributed by atoms with Crippen LogP contribution in [0.5, 0.6) is 0 Å². The second-order valence-electron chi connectivity index (χ2n) is 11.1. The van der Waals surface area contributed by atoms with Crippen LogP contribution in [-0.4, -0.2) is 81.3 Å². The molecule has 5 N–H and O–H groups in total. The molecule has 0 amide bonds. The first-order valence-electron chi connectivity index (χ1n) is 11.5. The molecule has 0 bridgehead atoms. The quantitative estimate of drug-likeness (QED) is 0.309. The Morgan fingerprint density at radius 1 is 1.21 bits per heavy atom. The van der Waals surface area contributed by atoms with Gasteiger partial charge in [-0.25, -0.2) is 4.79 Å². The monoisotopic (exact) mass is 483 g/mol. The summed E-state index contributed by atoms with van der Waals surface area (Å²) in [5.74, 6) is -3.17. The molecule has 0 radical (unpaired) electrons. The smallest absolute Gasteiger partial charge is 0.344 e. The van der Waals surface area contributed by atoms with Gasteiger partial charge >= 0.3 is 11.9 Å². The van der Waals surface area contributed by atoms with E-state index in [9.17, 15) is 29.7 Å². The number of hydrogen-bond acceptors (Lipinski definition) is 10. The molecule has 192 valence electrons. The highest BCUT2D eigenvalue weighted by Crippen LogP contribution is 2.67. The van der Waals surface area contributed by atoms with E-state index in [1.165, 1.54) is 13.0 Å². The van der Waals surface area contributed by atoms with E-state index in [1.54, 1.807) is 13.8 Å². The van der Waals surface area contributed by atoms with Crippen molar-refractivity contribution in [1.82, 2.24) is 0 Å². The lowest BCUT2D eigenvalue weighted by Gasteiger charge is -2.71. The first-order valence-corrected chi connectivity index (χ1v) is 11.5. The van der Waals surface area contributed by atoms with Gasteiger partial charge in [0.2, 0.25) is 0 Å². The van der Waals surface area contributed by atoms with E-state index in [0.29, 0.717) is 6.42 Å². The fourth-order valence-electron chi connectivity index (χ4n) is 6.79. The van der Waals surface area contributed by atoms with Gasteiger partial charge in [0.15, 0.2) is 18.0 Å². The number of carbonyl (C=O) groups excluding carboxylic acids is 3. The molecule has 0 spiro atoms. The first kappa shape index (κ1) is 26.7. The first-order chi connectivity index (χ1) is 15.5. The maximum absolute atomic E-state index is 13.7. The molecule has 34 heavy (non-hydrogen) atoms. The van der Waals surface area contributed by atoms with Crippen molar-refractivity contribution in [3.05, 3.63) is 12.7 Å². The Kier molecular flexibility index (Phi) is 6.59. The zero-order valence-electron chi connectivity index (χ0n) is 20.5. The van der Waals surface area contributed by atoms with Crippen LogP contribution in [-0.2, 0) is 28.6 Å². The Labute approximate surface area is 199 Å². The molecule has 0 unspecified atom stereocenters. The summed E-state index contributed by atoms with van der Waals surface area (Å²) >= 11 is 0. The number of nitrogens with two attached hydrogens (primary N) is 1. The van der Waals surface area contributed by atoms with Crippen LogP contribution >= 0.6 is 0 Å². The van der Waals surface area contributed by atoms with Crippen LogP contribution in [0, 0.1) is 16.7 Å². The molecule has 10 nitrogen and oxygen atoms in total. The molecule has 3 aliphatic rings. The minimum atomic E-state index is -2.29. The SMILES string of the molecule is C=C[C@@]1(C)CC(=O)[C@]2(O)[C@@]3(C)[C@@H](O)CCC(C)(C)[C@@H]3[C@H](OC(=O)COC(=O)CN)[C@H](O)[C@@]2(C)O1. The minimum Gasteiger partial charge on any atom is -0.457 e. The predicted molar refractivity (Wildman–Crippen MR) is 119 cm³/mol. The highest BCUT2D eigenvalue weighted by molar-refractivity contribution is 5.92. The Morgan fingerprint density at radius 3 is 2.38 bits per heavy atom. The summed E-state index contributed by atoms with van der Waals surface area (Å²) in [7, 11) is 0. The number of ether oxygens (including phenoxy) is 3. The molecule has 0 aromatic rings. The number of ketones is 1. The average Bonchev–Trinajstić information content (AvgIpc) is 2.76. The van der Waals surface area contributed by atoms with Crippen LogP contribution in [0.1, 0.15) is 53.9 Å². The maximum atomic E-state index is 13.7. The number of aliphatic hydroxyl groups is 3. The zero-order chi connectivity index (χ0) is 25.9. The Balaban J connectivity index is 2.16. The van der Waals surface area contributed by atoms with Crippen LogP contribution in [0.4, 0.5) is 0 Å². The molecule has 3 fully saturated rings. The van der Waals surface area contributed by atoms with Gasteiger partial charge in [-0.3, -0.25) is 9.59 Å². The van der Waals surface area contributed by atoms with Crippen LogP contribution in [0.3, 0.4) is 0 Å². The van der Waals surface area contributed by atoms with E-state index in [2.05, 4.69) is 6.58 Å². The third-order valence-corrected chi connectivity index (χ3v) is 8.52. The van der Waals surface area contributed by atoms with Gasteiger partial charge < -0.3 is 35.3 Å². The number of esters is 2. The maximum Gasteiger partial charge on any atom is 0.344 e. The lowest BCUT2D eigenvalue weighted by Crippen LogP contribution is -2.86. The normalized spacial score (nSPS) is 45.5. The fourth-order valence-corrected chi connectivity index (χ4v) is 6.79. The van der Waals surface area contributed by atoms with Gasteiger partial charge in [-0.2, -0.15) is 0 Å². The summed E-state index contributed by atoms with van der Waals surface area (Å²) in [6, 6.07) is 0. The molecular weight excluding hydrogens is 446 g/mol. The highest BCUT2D eigenvalue weighted by Gasteiger charge is 2.81. The molecule has 10 heteroatoms. The third-order valence-electron chi connectivity index (χ3n) is 8.52. The van der Waals surface area contributed by atoms with E-state index in [0.717, 1.165) is 0 Å². The van der Waals surface area contributed by atoms with Crippen LogP contribution in [0.2, 0.25) is 0 Å². The van der Waals surface area contributed by atoms with E-state index in [4.69, 9.17) is 19.9 Å². The Morgan fingerprint density at radius 2 is 1.82 bits per heavy atom. The van der Waals surface area contributed by atoms with Gasteiger partial charge in [-0.1, -0.05) is 26.8 Å². The largest absolute Gasteiger partial charge is 0.457 e. The summed E-state index contributed by atoms with van der Waals surface area (Å²) in [5.41, 5.74) is -2.46. The van der Waals surface area contributed by atoms with Crippen molar-refractivity contribution in [2.45, 2.75) is 89.0 Å². The van der Waals surface area contributed by atoms with E-state index in [1.807, 2.05) is 13.8 Å². The number of carbonyl (C=O) groups is 3. The Bertz CT molecular complexity index is 890. The van der Waals surface area contributed by atoms with Crippen molar-refractivity contribution in [3.63, 3.8) is 0 Å². The molecule has 8 atom stereocenters. The van der Waals surface area contributed by atoms with Gasteiger partial charge in [0.1, 0.15) is 17.8 Å². The predicted octanol–water partition coefficient (Wildman–Crippen LogP) is 0.00190. The highest BCUT2D eigenvalue weighted by atomic mass is 16.6. The van der Waals surface area contributed by atoms with Gasteiger partial charge in [-0.05, 0) is 32.1 Å². The van der Waals surface area contributed by atoms with Gasteiger partial charge in [-0.15, -0.1) is 6.58 Å². The molecule has 1 heterocycles.